The zero-order chi connectivity index (χ0) is 14.5. The van der Waals surface area contributed by atoms with Gasteiger partial charge < -0.3 is 9.73 Å². The van der Waals surface area contributed by atoms with E-state index < -0.39 is 10.7 Å². The summed E-state index contributed by atoms with van der Waals surface area (Å²) in [5, 5.41) is 14.1. The fourth-order valence-corrected chi connectivity index (χ4v) is 1.79. The number of nitro groups is 1. The molecule has 0 bridgehead atoms. The second-order valence-electron chi connectivity index (χ2n) is 4.14. The summed E-state index contributed by atoms with van der Waals surface area (Å²) in [5.41, 5.74) is -0.113. The summed E-state index contributed by atoms with van der Waals surface area (Å²) in [6.07, 6.45) is 2.00. The molecule has 6 nitrogen and oxygen atoms in total. The van der Waals surface area contributed by atoms with Crippen molar-refractivity contribution in [2.24, 2.45) is 0 Å². The van der Waals surface area contributed by atoms with Gasteiger partial charge in [-0.05, 0) is 18.7 Å². The van der Waals surface area contributed by atoms with Crippen molar-refractivity contribution in [1.82, 2.24) is 10.3 Å². The highest BCUT2D eigenvalue weighted by Crippen LogP contribution is 2.30. The molecule has 106 valence electrons. The number of nitrogens with one attached hydrogen (secondary N) is 1. The van der Waals surface area contributed by atoms with Crippen LogP contribution in [0.15, 0.2) is 28.8 Å². The van der Waals surface area contributed by atoms with Gasteiger partial charge in [-0.1, -0.05) is 6.92 Å². The highest BCUT2D eigenvalue weighted by atomic mass is 19.1. The molecule has 2 aromatic rings. The molecule has 0 saturated carbocycles. The quantitative estimate of drug-likeness (QED) is 0.499. The number of nitro benzene ring substituents is 1. The molecule has 1 aromatic heterocycles. The van der Waals surface area contributed by atoms with Crippen molar-refractivity contribution in [1.29, 1.82) is 0 Å². The molecule has 0 radical (unpaired) electrons. The number of nitrogens with zero attached hydrogens (tertiary/aromatic N) is 2. The first-order chi connectivity index (χ1) is 9.61. The van der Waals surface area contributed by atoms with E-state index in [4.69, 9.17) is 4.42 Å². The predicted octanol–water partition coefficient (Wildman–Crippen LogP) is 2.54. The van der Waals surface area contributed by atoms with Crippen LogP contribution in [0.1, 0.15) is 12.8 Å². The molecule has 7 heteroatoms. The lowest BCUT2D eigenvalue weighted by molar-refractivity contribution is -0.384. The summed E-state index contributed by atoms with van der Waals surface area (Å²) in [7, 11) is 0. The fourth-order valence-electron chi connectivity index (χ4n) is 1.79. The minimum atomic E-state index is -0.660. The molecule has 0 aliphatic carbocycles. The monoisotopic (exact) mass is 279 g/mol. The first-order valence-corrected chi connectivity index (χ1v) is 6.21. The van der Waals surface area contributed by atoms with E-state index >= 15 is 0 Å². The van der Waals surface area contributed by atoms with Crippen molar-refractivity contribution < 1.29 is 13.7 Å². The Morgan fingerprint density at radius 3 is 3.00 bits per heavy atom. The van der Waals surface area contributed by atoms with Crippen LogP contribution < -0.4 is 5.32 Å². The molecule has 0 spiro atoms. The molecule has 0 fully saturated rings. The Labute approximate surface area is 114 Å². The first kappa shape index (κ1) is 14.1. The Kier molecular flexibility index (Phi) is 4.41. The third-order valence-electron chi connectivity index (χ3n) is 2.74. The maximum absolute atomic E-state index is 13.1. The molecular formula is C13H14FN3O3. The standard InChI is InChI=1S/C13H14FN3O3/c1-2-15-6-5-13-16-8-12(20-13)10-4-3-9(14)7-11(10)17(18)19/h3-4,7-8,15H,2,5-6H2,1H3. The van der Waals surface area contributed by atoms with Crippen molar-refractivity contribution in [3.05, 3.63) is 46.2 Å². The van der Waals surface area contributed by atoms with Gasteiger partial charge in [-0.15, -0.1) is 0 Å². The van der Waals surface area contributed by atoms with Crippen molar-refractivity contribution in [2.75, 3.05) is 13.1 Å². The van der Waals surface area contributed by atoms with Crippen LogP contribution in [0, 0.1) is 15.9 Å². The molecule has 0 atom stereocenters. The summed E-state index contributed by atoms with van der Waals surface area (Å²) in [6.45, 7) is 3.54. The molecule has 0 unspecified atom stereocenters. The number of aromatic nitrogens is 1. The molecule has 0 saturated heterocycles. The summed E-state index contributed by atoms with van der Waals surface area (Å²) in [6, 6.07) is 3.35. The highest BCUT2D eigenvalue weighted by Gasteiger charge is 2.19. The van der Waals surface area contributed by atoms with E-state index in [1.807, 2.05) is 6.92 Å². The second-order valence-corrected chi connectivity index (χ2v) is 4.14. The smallest absolute Gasteiger partial charge is 0.283 e. The van der Waals surface area contributed by atoms with Gasteiger partial charge in [-0.25, -0.2) is 9.37 Å². The Hall–Kier alpha value is -2.28. The van der Waals surface area contributed by atoms with Crippen LogP contribution in [0.2, 0.25) is 0 Å². The van der Waals surface area contributed by atoms with E-state index in [9.17, 15) is 14.5 Å². The largest absolute Gasteiger partial charge is 0.440 e. The van der Waals surface area contributed by atoms with Crippen molar-refractivity contribution in [2.45, 2.75) is 13.3 Å². The zero-order valence-electron chi connectivity index (χ0n) is 10.9. The van der Waals surface area contributed by atoms with E-state index in [1.54, 1.807) is 0 Å². The second kappa shape index (κ2) is 6.25. The van der Waals surface area contributed by atoms with E-state index in [1.165, 1.54) is 12.3 Å². The maximum atomic E-state index is 13.1. The van der Waals surface area contributed by atoms with Gasteiger partial charge >= 0.3 is 0 Å². The lowest BCUT2D eigenvalue weighted by Crippen LogP contribution is -2.16. The molecule has 20 heavy (non-hydrogen) atoms. The summed E-state index contributed by atoms with van der Waals surface area (Å²) in [5.74, 6) is 0.0927. The lowest BCUT2D eigenvalue weighted by atomic mass is 10.1. The number of likely N-dealkylation sites (N-methyl/N-ethyl adjacent to an activating group) is 1. The maximum Gasteiger partial charge on any atom is 0.283 e. The number of oxazole rings is 1. The summed E-state index contributed by atoms with van der Waals surface area (Å²) in [4.78, 5) is 14.4. The molecule has 1 aromatic carbocycles. The lowest BCUT2D eigenvalue weighted by Gasteiger charge is -2.00. The summed E-state index contributed by atoms with van der Waals surface area (Å²) < 4.78 is 18.5. The highest BCUT2D eigenvalue weighted by molar-refractivity contribution is 5.68. The minimum absolute atomic E-state index is 0.221. The predicted molar refractivity (Wildman–Crippen MR) is 70.8 cm³/mol. The van der Waals surface area contributed by atoms with E-state index in [-0.39, 0.29) is 17.0 Å². The average Bonchev–Trinajstić information content (AvgIpc) is 2.87. The van der Waals surface area contributed by atoms with Gasteiger partial charge in [0.05, 0.1) is 22.7 Å². The summed E-state index contributed by atoms with van der Waals surface area (Å²) >= 11 is 0. The van der Waals surface area contributed by atoms with Crippen LogP contribution in [-0.2, 0) is 6.42 Å². The Morgan fingerprint density at radius 2 is 2.30 bits per heavy atom. The first-order valence-electron chi connectivity index (χ1n) is 6.21. The van der Waals surface area contributed by atoms with Gasteiger partial charge in [-0.2, -0.15) is 0 Å². The van der Waals surface area contributed by atoms with E-state index in [0.717, 1.165) is 18.7 Å². The van der Waals surface area contributed by atoms with Gasteiger partial charge in [0.25, 0.3) is 5.69 Å². The van der Waals surface area contributed by atoms with Gasteiger partial charge in [0, 0.05) is 13.0 Å². The Morgan fingerprint density at radius 1 is 1.50 bits per heavy atom. The van der Waals surface area contributed by atoms with Gasteiger partial charge in [0.1, 0.15) is 5.82 Å². The molecule has 1 heterocycles. The number of hydrogen-bond donors (Lipinski definition) is 1. The number of rotatable bonds is 6. The van der Waals surface area contributed by atoms with Crippen LogP contribution >= 0.6 is 0 Å². The normalized spacial score (nSPS) is 10.7. The van der Waals surface area contributed by atoms with Crippen molar-refractivity contribution >= 4 is 5.69 Å². The molecule has 2 rings (SSSR count). The molecule has 0 aliphatic heterocycles. The molecule has 0 amide bonds. The van der Waals surface area contributed by atoms with Crippen molar-refractivity contribution in [3.63, 3.8) is 0 Å². The average molecular weight is 279 g/mol. The SMILES string of the molecule is CCNCCc1ncc(-c2ccc(F)cc2[N+](=O)[O-])o1. The fraction of sp³-hybridized carbons (Fsp3) is 0.308. The Bertz CT molecular complexity index is 613. The van der Waals surface area contributed by atoms with Gasteiger partial charge in [0.15, 0.2) is 11.7 Å². The third-order valence-corrected chi connectivity index (χ3v) is 2.74. The zero-order valence-corrected chi connectivity index (χ0v) is 10.9. The van der Waals surface area contributed by atoms with E-state index in [0.29, 0.717) is 18.9 Å². The topological polar surface area (TPSA) is 81.2 Å². The van der Waals surface area contributed by atoms with Crippen molar-refractivity contribution in [3.8, 4) is 11.3 Å². The van der Waals surface area contributed by atoms with Crippen LogP contribution in [-0.4, -0.2) is 23.0 Å². The van der Waals surface area contributed by atoms with Crippen LogP contribution in [0.4, 0.5) is 10.1 Å². The molecular weight excluding hydrogens is 265 g/mol. The number of hydrogen-bond acceptors (Lipinski definition) is 5. The van der Waals surface area contributed by atoms with Gasteiger partial charge in [0.2, 0.25) is 0 Å². The van der Waals surface area contributed by atoms with Crippen LogP contribution in [0.3, 0.4) is 0 Å². The molecule has 1 N–H and O–H groups in total. The van der Waals surface area contributed by atoms with Crippen LogP contribution in [0.5, 0.6) is 0 Å². The Balaban J connectivity index is 2.25. The molecule has 0 aliphatic rings. The number of benzene rings is 1. The third kappa shape index (κ3) is 3.18. The number of halogens is 1. The minimum Gasteiger partial charge on any atom is -0.440 e. The van der Waals surface area contributed by atoms with E-state index in [2.05, 4.69) is 10.3 Å². The van der Waals surface area contributed by atoms with Crippen LogP contribution in [0.25, 0.3) is 11.3 Å². The van der Waals surface area contributed by atoms with Gasteiger partial charge in [-0.3, -0.25) is 10.1 Å².